The summed E-state index contributed by atoms with van der Waals surface area (Å²) < 4.78 is 7.81. The second kappa shape index (κ2) is 14.7. The van der Waals surface area contributed by atoms with Crippen LogP contribution in [0, 0.1) is 0 Å². The van der Waals surface area contributed by atoms with E-state index in [0.29, 0.717) is 12.8 Å². The number of carbonyl (C=O) groups is 1. The maximum atomic E-state index is 13.2. The lowest BCUT2D eigenvalue weighted by molar-refractivity contribution is 0.0946. The van der Waals surface area contributed by atoms with E-state index in [0.717, 1.165) is 80.4 Å². The third-order valence-corrected chi connectivity index (χ3v) is 8.99. The first-order valence-electron chi connectivity index (χ1n) is 15.8. The van der Waals surface area contributed by atoms with Crippen molar-refractivity contribution >= 4 is 23.4 Å². The number of anilines is 1. The summed E-state index contributed by atoms with van der Waals surface area (Å²) in [5, 5.41) is 13.3. The number of hydrogen-bond donors (Lipinski definition) is 1. The van der Waals surface area contributed by atoms with E-state index in [4.69, 9.17) is 16.3 Å². The zero-order valence-corrected chi connectivity index (χ0v) is 25.9. The highest BCUT2D eigenvalue weighted by atomic mass is 35.5. The van der Waals surface area contributed by atoms with E-state index in [9.17, 15) is 4.79 Å². The molecule has 0 unspecified atom stereocenters. The molecule has 6 rings (SSSR count). The molecule has 4 aromatic rings. The molecule has 0 bridgehead atoms. The maximum absolute atomic E-state index is 13.2. The average Bonchev–Trinajstić information content (AvgIpc) is 3.73. The lowest BCUT2D eigenvalue weighted by Gasteiger charge is -2.35. The molecule has 1 aromatic heterocycles. The molecule has 2 atom stereocenters. The van der Waals surface area contributed by atoms with Crippen LogP contribution in [0.25, 0.3) is 0 Å². The van der Waals surface area contributed by atoms with Crippen molar-refractivity contribution in [1.29, 1.82) is 0 Å². The first kappa shape index (κ1) is 30.2. The van der Waals surface area contributed by atoms with Gasteiger partial charge in [-0.2, -0.15) is 0 Å². The van der Waals surface area contributed by atoms with Crippen LogP contribution in [-0.2, 0) is 24.1 Å². The lowest BCUT2D eigenvalue weighted by atomic mass is 9.94. The number of halogens is 1. The molecule has 8 nitrogen and oxygen atoms in total. The molecule has 0 radical (unpaired) electrons. The Labute approximate surface area is 265 Å². The number of ether oxygens (including phenoxy) is 1. The average molecular weight is 613 g/mol. The highest BCUT2D eigenvalue weighted by Crippen LogP contribution is 2.25. The van der Waals surface area contributed by atoms with Gasteiger partial charge in [-0.15, -0.1) is 5.10 Å². The Balaban J connectivity index is 1.18. The molecular formula is C35H41ClN6O2. The molecule has 1 saturated heterocycles. The van der Waals surface area contributed by atoms with Crippen molar-refractivity contribution in [3.8, 4) is 0 Å². The molecule has 2 aliphatic rings. The summed E-state index contributed by atoms with van der Waals surface area (Å²) in [6.07, 6.45) is 7.14. The van der Waals surface area contributed by atoms with Crippen LogP contribution in [0.4, 0.5) is 10.5 Å². The highest BCUT2D eigenvalue weighted by Gasteiger charge is 2.29. The molecule has 3 aromatic carbocycles. The van der Waals surface area contributed by atoms with Crippen LogP contribution < -0.4 is 10.2 Å². The largest absolute Gasteiger partial charge is 0.446 e. The number of rotatable bonds is 11. The Hall–Kier alpha value is -3.88. The smallest absolute Gasteiger partial charge is 0.407 e. The van der Waals surface area contributed by atoms with Crippen molar-refractivity contribution in [2.75, 3.05) is 31.1 Å². The van der Waals surface area contributed by atoms with Gasteiger partial charge in [0, 0.05) is 43.4 Å². The molecular weight excluding hydrogens is 572 g/mol. The predicted molar refractivity (Wildman–Crippen MR) is 174 cm³/mol. The number of benzene rings is 3. The fraction of sp³-hybridized carbons (Fsp3) is 0.400. The van der Waals surface area contributed by atoms with Gasteiger partial charge >= 0.3 is 6.09 Å². The van der Waals surface area contributed by atoms with Gasteiger partial charge < -0.3 is 15.0 Å². The summed E-state index contributed by atoms with van der Waals surface area (Å²) in [6.45, 7) is 4.44. The molecule has 9 heteroatoms. The minimum Gasteiger partial charge on any atom is -0.446 e. The van der Waals surface area contributed by atoms with Crippen molar-refractivity contribution in [3.05, 3.63) is 113 Å². The van der Waals surface area contributed by atoms with Crippen LogP contribution in [0.5, 0.6) is 0 Å². The summed E-state index contributed by atoms with van der Waals surface area (Å²) in [5.41, 5.74) is 4.41. The van der Waals surface area contributed by atoms with Gasteiger partial charge in [-0.05, 0) is 67.9 Å². The van der Waals surface area contributed by atoms with Crippen molar-refractivity contribution < 1.29 is 9.53 Å². The number of aromatic nitrogens is 3. The molecule has 1 saturated carbocycles. The molecule has 1 aliphatic heterocycles. The monoisotopic (exact) mass is 612 g/mol. The third-order valence-electron chi connectivity index (χ3n) is 8.76. The third kappa shape index (κ3) is 8.18. The molecule has 2 fully saturated rings. The summed E-state index contributed by atoms with van der Waals surface area (Å²) in [5.74, 6) is 0. The zero-order valence-electron chi connectivity index (χ0n) is 25.1. The van der Waals surface area contributed by atoms with Gasteiger partial charge in [0.05, 0.1) is 24.0 Å². The summed E-state index contributed by atoms with van der Waals surface area (Å²) in [7, 11) is 0. The second-order valence-electron chi connectivity index (χ2n) is 11.9. The Bertz CT molecular complexity index is 1470. The molecule has 2 heterocycles. The number of hydrogen-bond acceptors (Lipinski definition) is 6. The van der Waals surface area contributed by atoms with Gasteiger partial charge in [-0.3, -0.25) is 4.90 Å². The predicted octanol–water partition coefficient (Wildman–Crippen LogP) is 6.32. The van der Waals surface area contributed by atoms with Gasteiger partial charge in [0.2, 0.25) is 0 Å². The number of amides is 1. The Morgan fingerprint density at radius 1 is 0.886 bits per heavy atom. The van der Waals surface area contributed by atoms with E-state index in [2.05, 4.69) is 74.1 Å². The van der Waals surface area contributed by atoms with Crippen LogP contribution in [0.15, 0.2) is 91.1 Å². The standard InChI is InChI=1S/C35H41ClN6O2/c36-29-14-9-15-31(24-29)41-20-18-40(19-21-41)25-30-26-42(39-38-30)34(23-28-12-5-2-6-13-28)33(22-27-10-3-1-4-11-27)37-35(43)44-32-16-7-8-17-32/h1-6,9-15,24,26,32-34H,7-8,16-23,25H2,(H,37,43)/t33-,34-/m0/s1. The summed E-state index contributed by atoms with van der Waals surface area (Å²) in [4.78, 5) is 18.0. The second-order valence-corrected chi connectivity index (χ2v) is 12.4. The van der Waals surface area contributed by atoms with Crippen molar-refractivity contribution in [3.63, 3.8) is 0 Å². The molecule has 44 heavy (non-hydrogen) atoms. The van der Waals surface area contributed by atoms with E-state index in [1.54, 1.807) is 0 Å². The van der Waals surface area contributed by atoms with E-state index < -0.39 is 0 Å². The number of nitrogens with zero attached hydrogens (tertiary/aromatic N) is 5. The summed E-state index contributed by atoms with van der Waals surface area (Å²) in [6, 6.07) is 28.3. The molecule has 230 valence electrons. The minimum atomic E-state index is -0.353. The van der Waals surface area contributed by atoms with Gasteiger partial charge in [0.25, 0.3) is 0 Å². The first-order valence-corrected chi connectivity index (χ1v) is 16.2. The van der Waals surface area contributed by atoms with Crippen LogP contribution in [0.2, 0.25) is 5.02 Å². The molecule has 0 spiro atoms. The SMILES string of the molecule is O=C(N[C@@H](Cc1ccccc1)[C@H](Cc1ccccc1)n1cc(CN2CCN(c3cccc(Cl)c3)CC2)nn1)OC1CCCC1. The van der Waals surface area contributed by atoms with Gasteiger partial charge in [-0.1, -0.05) is 83.5 Å². The topological polar surface area (TPSA) is 75.5 Å². The number of carbonyl (C=O) groups excluding carboxylic acids is 1. The van der Waals surface area contributed by atoms with Gasteiger partial charge in [0.1, 0.15) is 6.10 Å². The quantitative estimate of drug-likeness (QED) is 0.214. The first-order chi connectivity index (χ1) is 21.6. The molecule has 1 N–H and O–H groups in total. The zero-order chi connectivity index (χ0) is 30.1. The fourth-order valence-corrected chi connectivity index (χ4v) is 6.57. The van der Waals surface area contributed by atoms with E-state index >= 15 is 0 Å². The molecule has 1 aliphatic carbocycles. The van der Waals surface area contributed by atoms with Crippen molar-refractivity contribution in [2.45, 2.75) is 63.3 Å². The van der Waals surface area contributed by atoms with Crippen LogP contribution in [-0.4, -0.2) is 64.3 Å². The Morgan fingerprint density at radius 3 is 2.25 bits per heavy atom. The van der Waals surface area contributed by atoms with Crippen molar-refractivity contribution in [1.82, 2.24) is 25.2 Å². The van der Waals surface area contributed by atoms with Crippen LogP contribution in [0.3, 0.4) is 0 Å². The number of nitrogens with one attached hydrogen (secondary N) is 1. The molecule has 1 amide bonds. The van der Waals surface area contributed by atoms with E-state index in [1.807, 2.05) is 47.1 Å². The number of piperazine rings is 1. The lowest BCUT2D eigenvalue weighted by Crippen LogP contribution is -2.46. The van der Waals surface area contributed by atoms with Crippen LogP contribution in [0.1, 0.15) is 48.5 Å². The van der Waals surface area contributed by atoms with Crippen molar-refractivity contribution in [2.24, 2.45) is 0 Å². The normalized spacial score (nSPS) is 17.3. The van der Waals surface area contributed by atoms with E-state index in [1.165, 1.54) is 5.56 Å². The Morgan fingerprint density at radius 2 is 1.57 bits per heavy atom. The minimum absolute atomic E-state index is 0.00253. The maximum Gasteiger partial charge on any atom is 0.407 e. The Kier molecular flexibility index (Phi) is 10.1. The highest BCUT2D eigenvalue weighted by molar-refractivity contribution is 6.30. The summed E-state index contributed by atoms with van der Waals surface area (Å²) >= 11 is 6.23. The van der Waals surface area contributed by atoms with Crippen LogP contribution >= 0.6 is 11.6 Å². The van der Waals surface area contributed by atoms with Gasteiger partial charge in [-0.25, -0.2) is 9.48 Å². The number of alkyl carbamates (subject to hydrolysis) is 1. The van der Waals surface area contributed by atoms with E-state index in [-0.39, 0.29) is 24.3 Å². The van der Waals surface area contributed by atoms with Gasteiger partial charge in [0.15, 0.2) is 0 Å². The fourth-order valence-electron chi connectivity index (χ4n) is 6.38.